The van der Waals surface area contributed by atoms with Crippen LogP contribution in [0.2, 0.25) is 0 Å². The van der Waals surface area contributed by atoms with E-state index >= 15 is 0 Å². The monoisotopic (exact) mass is 288 g/mol. The van der Waals surface area contributed by atoms with E-state index in [-0.39, 0.29) is 12.0 Å². The number of hydrogen-bond donors (Lipinski definition) is 3. The van der Waals surface area contributed by atoms with Crippen LogP contribution in [0, 0.1) is 5.92 Å². The van der Waals surface area contributed by atoms with Gasteiger partial charge in [0, 0.05) is 24.3 Å². The zero-order valence-corrected chi connectivity index (χ0v) is 12.4. The molecule has 0 aromatic heterocycles. The van der Waals surface area contributed by atoms with Crippen molar-refractivity contribution in [2.24, 2.45) is 5.92 Å². The van der Waals surface area contributed by atoms with Gasteiger partial charge in [-0.1, -0.05) is 6.42 Å². The van der Waals surface area contributed by atoms with Crippen LogP contribution in [-0.2, 0) is 6.42 Å². The summed E-state index contributed by atoms with van der Waals surface area (Å²) in [6.45, 7) is 1.69. The van der Waals surface area contributed by atoms with Crippen molar-refractivity contribution in [2.45, 2.75) is 44.6 Å². The zero-order valence-electron chi connectivity index (χ0n) is 12.4. The van der Waals surface area contributed by atoms with E-state index in [1.165, 1.54) is 5.56 Å². The molecular formula is C17H24N2O2. The van der Waals surface area contributed by atoms with Gasteiger partial charge in [0.1, 0.15) is 0 Å². The Morgan fingerprint density at radius 3 is 3.10 bits per heavy atom. The Balaban J connectivity index is 1.57. The maximum atomic E-state index is 12.3. The predicted octanol–water partition coefficient (Wildman–Crippen LogP) is 2.33. The molecule has 2 atom stereocenters. The maximum absolute atomic E-state index is 12.3. The first-order valence-corrected chi connectivity index (χ1v) is 8.05. The van der Waals surface area contributed by atoms with Gasteiger partial charge in [0.15, 0.2) is 0 Å². The normalized spacial score (nSPS) is 24.8. The number of anilines is 1. The summed E-state index contributed by atoms with van der Waals surface area (Å²) in [4.78, 5) is 12.3. The number of amides is 1. The van der Waals surface area contributed by atoms with Gasteiger partial charge in [-0.25, -0.2) is 0 Å². The van der Waals surface area contributed by atoms with Crippen LogP contribution in [0.1, 0.15) is 48.0 Å². The lowest BCUT2D eigenvalue weighted by Crippen LogP contribution is -2.33. The van der Waals surface area contributed by atoms with Crippen LogP contribution < -0.4 is 10.6 Å². The van der Waals surface area contributed by atoms with Crippen molar-refractivity contribution in [3.05, 3.63) is 29.3 Å². The molecule has 21 heavy (non-hydrogen) atoms. The van der Waals surface area contributed by atoms with Gasteiger partial charge in [-0.3, -0.25) is 4.79 Å². The van der Waals surface area contributed by atoms with Crippen molar-refractivity contribution >= 4 is 11.6 Å². The molecule has 1 aromatic rings. The summed E-state index contributed by atoms with van der Waals surface area (Å²) in [7, 11) is 0. The molecule has 4 heteroatoms. The van der Waals surface area contributed by atoms with E-state index in [0.29, 0.717) is 12.5 Å². The minimum atomic E-state index is -0.185. The third-order valence-corrected chi connectivity index (χ3v) is 4.61. The third-order valence-electron chi connectivity index (χ3n) is 4.61. The van der Waals surface area contributed by atoms with Crippen LogP contribution in [-0.4, -0.2) is 30.2 Å². The Labute approximate surface area is 125 Å². The van der Waals surface area contributed by atoms with Gasteiger partial charge in [-0.05, 0) is 61.8 Å². The zero-order chi connectivity index (χ0) is 14.7. The van der Waals surface area contributed by atoms with E-state index in [0.717, 1.165) is 56.3 Å². The van der Waals surface area contributed by atoms with E-state index in [1.54, 1.807) is 0 Å². The molecule has 114 valence electrons. The fraction of sp³-hybridized carbons (Fsp3) is 0.588. The average molecular weight is 288 g/mol. The standard InChI is InChI=1S/C17H24N2O2/c20-15-5-1-3-12(9-15)11-19-17(21)14-6-7-16-13(10-14)4-2-8-18-16/h6-7,10,12,15,18,20H,1-5,8-9,11H2,(H,19,21). The molecule has 2 unspecified atom stereocenters. The highest BCUT2D eigenvalue weighted by Gasteiger charge is 2.21. The van der Waals surface area contributed by atoms with Gasteiger partial charge in [-0.2, -0.15) is 0 Å². The van der Waals surface area contributed by atoms with Gasteiger partial charge >= 0.3 is 0 Å². The molecule has 4 nitrogen and oxygen atoms in total. The smallest absolute Gasteiger partial charge is 0.251 e. The quantitative estimate of drug-likeness (QED) is 0.800. The highest BCUT2D eigenvalue weighted by atomic mass is 16.3. The van der Waals surface area contributed by atoms with Crippen molar-refractivity contribution in [2.75, 3.05) is 18.4 Å². The van der Waals surface area contributed by atoms with E-state index < -0.39 is 0 Å². The minimum absolute atomic E-state index is 0.00318. The number of carbonyl (C=O) groups is 1. The van der Waals surface area contributed by atoms with Crippen molar-refractivity contribution in [3.63, 3.8) is 0 Å². The van der Waals surface area contributed by atoms with Gasteiger partial charge < -0.3 is 15.7 Å². The number of carbonyl (C=O) groups excluding carboxylic acids is 1. The summed E-state index contributed by atoms with van der Waals surface area (Å²) in [5, 5.41) is 16.1. The number of rotatable bonds is 3. The lowest BCUT2D eigenvalue weighted by atomic mass is 9.87. The molecule has 3 N–H and O–H groups in total. The molecule has 1 amide bonds. The number of nitrogens with one attached hydrogen (secondary N) is 2. The number of benzene rings is 1. The fourth-order valence-corrected chi connectivity index (χ4v) is 3.40. The second kappa shape index (κ2) is 6.48. The third kappa shape index (κ3) is 3.56. The van der Waals surface area contributed by atoms with Crippen molar-refractivity contribution < 1.29 is 9.90 Å². The Hall–Kier alpha value is -1.55. The van der Waals surface area contributed by atoms with Crippen LogP contribution in [0.4, 0.5) is 5.69 Å². The van der Waals surface area contributed by atoms with E-state index in [4.69, 9.17) is 0 Å². The van der Waals surface area contributed by atoms with Gasteiger partial charge in [-0.15, -0.1) is 0 Å². The summed E-state index contributed by atoms with van der Waals surface area (Å²) in [5.74, 6) is 0.417. The lowest BCUT2D eigenvalue weighted by Gasteiger charge is -2.26. The Morgan fingerprint density at radius 1 is 1.33 bits per heavy atom. The highest BCUT2D eigenvalue weighted by molar-refractivity contribution is 5.95. The summed E-state index contributed by atoms with van der Waals surface area (Å²) >= 11 is 0. The fourth-order valence-electron chi connectivity index (χ4n) is 3.40. The molecule has 0 saturated heterocycles. The molecule has 1 fully saturated rings. The molecule has 1 aromatic carbocycles. The number of aliphatic hydroxyl groups is 1. The lowest BCUT2D eigenvalue weighted by molar-refractivity contribution is 0.0873. The predicted molar refractivity (Wildman–Crippen MR) is 83.6 cm³/mol. The number of aryl methyl sites for hydroxylation is 1. The second-order valence-electron chi connectivity index (χ2n) is 6.30. The Bertz CT molecular complexity index is 516. The molecule has 0 spiro atoms. The van der Waals surface area contributed by atoms with E-state index in [1.807, 2.05) is 18.2 Å². The van der Waals surface area contributed by atoms with Crippen LogP contribution in [0.25, 0.3) is 0 Å². The summed E-state index contributed by atoms with van der Waals surface area (Å²) in [6, 6.07) is 5.91. The highest BCUT2D eigenvalue weighted by Crippen LogP contribution is 2.24. The van der Waals surface area contributed by atoms with Gasteiger partial charge in [0.05, 0.1) is 6.10 Å². The largest absolute Gasteiger partial charge is 0.393 e. The second-order valence-corrected chi connectivity index (χ2v) is 6.30. The SMILES string of the molecule is O=C(NCC1CCCC(O)C1)c1ccc2c(c1)CCCN2. The molecule has 0 bridgehead atoms. The molecule has 1 aliphatic heterocycles. The molecule has 1 saturated carbocycles. The Kier molecular flexibility index (Phi) is 4.44. The number of hydrogen-bond acceptors (Lipinski definition) is 3. The van der Waals surface area contributed by atoms with Gasteiger partial charge in [0.2, 0.25) is 0 Å². The van der Waals surface area contributed by atoms with Crippen LogP contribution in [0.3, 0.4) is 0 Å². The van der Waals surface area contributed by atoms with E-state index in [9.17, 15) is 9.90 Å². The first-order chi connectivity index (χ1) is 10.2. The molecular weight excluding hydrogens is 264 g/mol. The summed E-state index contributed by atoms with van der Waals surface area (Å²) in [5.41, 5.74) is 3.14. The topological polar surface area (TPSA) is 61.4 Å². The maximum Gasteiger partial charge on any atom is 0.251 e. The Morgan fingerprint density at radius 2 is 2.24 bits per heavy atom. The minimum Gasteiger partial charge on any atom is -0.393 e. The summed E-state index contributed by atoms with van der Waals surface area (Å²) < 4.78 is 0. The van der Waals surface area contributed by atoms with Crippen LogP contribution in [0.15, 0.2) is 18.2 Å². The van der Waals surface area contributed by atoms with Gasteiger partial charge in [0.25, 0.3) is 5.91 Å². The molecule has 1 heterocycles. The average Bonchev–Trinajstić information content (AvgIpc) is 2.52. The molecule has 1 aliphatic carbocycles. The molecule has 0 radical (unpaired) electrons. The number of aliphatic hydroxyl groups excluding tert-OH is 1. The first-order valence-electron chi connectivity index (χ1n) is 8.05. The first kappa shape index (κ1) is 14.4. The molecule has 3 rings (SSSR count). The summed E-state index contributed by atoms with van der Waals surface area (Å²) in [6.07, 6.45) is 5.86. The van der Waals surface area contributed by atoms with Crippen molar-refractivity contribution in [3.8, 4) is 0 Å². The van der Waals surface area contributed by atoms with Crippen LogP contribution in [0.5, 0.6) is 0 Å². The van der Waals surface area contributed by atoms with Crippen molar-refractivity contribution in [1.82, 2.24) is 5.32 Å². The van der Waals surface area contributed by atoms with Crippen molar-refractivity contribution in [1.29, 1.82) is 0 Å². The van der Waals surface area contributed by atoms with Crippen LogP contribution >= 0.6 is 0 Å². The van der Waals surface area contributed by atoms with E-state index in [2.05, 4.69) is 10.6 Å². The number of fused-ring (bicyclic) bond motifs is 1. The molecule has 2 aliphatic rings.